The predicted octanol–water partition coefficient (Wildman–Crippen LogP) is 6.66. The van der Waals surface area contributed by atoms with E-state index in [4.69, 9.17) is 23.7 Å². The Morgan fingerprint density at radius 3 is 1.59 bits per heavy atom. The number of hydrogen-bond acceptors (Lipinski definition) is 7. The molecule has 3 aromatic rings. The second-order valence-corrected chi connectivity index (χ2v) is 10.8. The van der Waals surface area contributed by atoms with Crippen LogP contribution >= 0.6 is 0 Å². The van der Waals surface area contributed by atoms with E-state index in [0.29, 0.717) is 30.1 Å². The van der Waals surface area contributed by atoms with Gasteiger partial charge in [0.2, 0.25) is 0 Å². The van der Waals surface area contributed by atoms with E-state index in [2.05, 4.69) is 26.0 Å². The number of hydrogen-bond donors (Lipinski definition) is 0. The Bertz CT molecular complexity index is 1250. The molecule has 3 aromatic carbocycles. The van der Waals surface area contributed by atoms with Crippen LogP contribution in [0.5, 0.6) is 11.5 Å². The molecule has 7 nitrogen and oxygen atoms in total. The van der Waals surface area contributed by atoms with Gasteiger partial charge in [-0.1, -0.05) is 50.2 Å². The lowest BCUT2D eigenvalue weighted by molar-refractivity contribution is -0.0276. The maximum atomic E-state index is 12.4. The van der Waals surface area contributed by atoms with E-state index in [1.807, 2.05) is 50.2 Å². The molecule has 0 fully saturated rings. The number of rotatable bonds is 15. The van der Waals surface area contributed by atoms with Gasteiger partial charge in [0.25, 0.3) is 0 Å². The summed E-state index contributed by atoms with van der Waals surface area (Å²) in [6.45, 7) is 12.8. The minimum Gasteiger partial charge on any atom is -0.491 e. The zero-order valence-electron chi connectivity index (χ0n) is 25.1. The van der Waals surface area contributed by atoms with Gasteiger partial charge in [0.05, 0.1) is 24.4 Å². The molecule has 0 aliphatic rings. The van der Waals surface area contributed by atoms with Crippen LogP contribution in [0, 0.1) is 0 Å². The molecule has 0 amide bonds. The SMILES string of the molecule is COC(C)COC(C)COc1ccc(C(C)(C)c2ccc(OCC(C)OC(=O)c3ccc(C(C)=O)cc3)cc2)cc1. The van der Waals surface area contributed by atoms with Crippen molar-refractivity contribution < 1.29 is 33.3 Å². The molecular weight excluding hydrogens is 520 g/mol. The molecule has 0 N–H and O–H groups in total. The largest absolute Gasteiger partial charge is 0.491 e. The average Bonchev–Trinajstić information content (AvgIpc) is 2.98. The summed E-state index contributed by atoms with van der Waals surface area (Å²) < 4.78 is 28.2. The lowest BCUT2D eigenvalue weighted by Crippen LogP contribution is -2.23. The van der Waals surface area contributed by atoms with Crippen molar-refractivity contribution in [2.24, 2.45) is 0 Å². The van der Waals surface area contributed by atoms with Crippen molar-refractivity contribution in [3.05, 3.63) is 95.1 Å². The summed E-state index contributed by atoms with van der Waals surface area (Å²) in [4.78, 5) is 23.8. The molecule has 0 saturated carbocycles. The molecule has 0 aromatic heterocycles. The number of ether oxygens (including phenoxy) is 5. The normalized spacial score (nSPS) is 13.6. The van der Waals surface area contributed by atoms with Crippen LogP contribution in [0.2, 0.25) is 0 Å². The highest BCUT2D eigenvalue weighted by Gasteiger charge is 2.23. The van der Waals surface area contributed by atoms with E-state index < -0.39 is 12.1 Å². The van der Waals surface area contributed by atoms with Gasteiger partial charge in [0.1, 0.15) is 30.8 Å². The average molecular weight is 563 g/mol. The topological polar surface area (TPSA) is 80.3 Å². The minimum absolute atomic E-state index is 0.0366. The van der Waals surface area contributed by atoms with Crippen molar-refractivity contribution in [2.75, 3.05) is 26.9 Å². The highest BCUT2D eigenvalue weighted by atomic mass is 16.6. The van der Waals surface area contributed by atoms with Gasteiger partial charge < -0.3 is 23.7 Å². The van der Waals surface area contributed by atoms with E-state index in [-0.39, 0.29) is 30.0 Å². The lowest BCUT2D eigenvalue weighted by Gasteiger charge is -2.26. The molecule has 7 heteroatoms. The molecule has 0 radical (unpaired) electrons. The Morgan fingerprint density at radius 1 is 0.659 bits per heavy atom. The van der Waals surface area contributed by atoms with E-state index >= 15 is 0 Å². The molecule has 3 rings (SSSR count). The van der Waals surface area contributed by atoms with Crippen LogP contribution in [0.15, 0.2) is 72.8 Å². The molecule has 0 saturated heterocycles. The van der Waals surface area contributed by atoms with Gasteiger partial charge in [0, 0.05) is 18.1 Å². The van der Waals surface area contributed by atoms with Gasteiger partial charge >= 0.3 is 5.97 Å². The number of ketones is 1. The minimum atomic E-state index is -0.454. The highest BCUT2D eigenvalue weighted by Crippen LogP contribution is 2.33. The van der Waals surface area contributed by atoms with Gasteiger partial charge in [-0.2, -0.15) is 0 Å². The highest BCUT2D eigenvalue weighted by molar-refractivity contribution is 5.96. The number of carbonyl (C=O) groups is 2. The molecule has 41 heavy (non-hydrogen) atoms. The fourth-order valence-corrected chi connectivity index (χ4v) is 4.07. The molecule has 0 bridgehead atoms. The van der Waals surface area contributed by atoms with Crippen LogP contribution in [0.25, 0.3) is 0 Å². The standard InChI is InChI=1S/C34H42O7/c1-23(37-7)20-38-24(2)21-39-31-16-12-29(13-17-31)34(5,6)30-14-18-32(19-15-30)40-22-25(3)41-33(36)28-10-8-27(9-11-28)26(4)35/h8-19,23-25H,20-22H2,1-7H3. The van der Waals surface area contributed by atoms with Crippen molar-refractivity contribution >= 4 is 11.8 Å². The summed E-state index contributed by atoms with van der Waals surface area (Å²) in [5.41, 5.74) is 3.01. The maximum Gasteiger partial charge on any atom is 0.338 e. The Balaban J connectivity index is 1.49. The van der Waals surface area contributed by atoms with Crippen LogP contribution < -0.4 is 9.47 Å². The fourth-order valence-electron chi connectivity index (χ4n) is 4.07. The first-order chi connectivity index (χ1) is 19.5. The van der Waals surface area contributed by atoms with Crippen molar-refractivity contribution in [3.63, 3.8) is 0 Å². The number of methoxy groups -OCH3 is 1. The zero-order valence-corrected chi connectivity index (χ0v) is 25.1. The summed E-state index contributed by atoms with van der Waals surface area (Å²) in [6, 6.07) is 22.5. The van der Waals surface area contributed by atoms with Gasteiger partial charge in [0.15, 0.2) is 5.78 Å². The van der Waals surface area contributed by atoms with Gasteiger partial charge in [-0.05, 0) is 75.2 Å². The third-order valence-electron chi connectivity index (χ3n) is 6.97. The Kier molecular flexibility index (Phi) is 11.5. The van der Waals surface area contributed by atoms with Crippen LogP contribution in [-0.2, 0) is 19.6 Å². The molecular formula is C34H42O7. The summed E-state index contributed by atoms with van der Waals surface area (Å²) in [7, 11) is 1.67. The first-order valence-electron chi connectivity index (χ1n) is 13.9. The number of carbonyl (C=O) groups excluding carboxylic acids is 2. The second-order valence-electron chi connectivity index (χ2n) is 10.8. The van der Waals surface area contributed by atoms with Crippen molar-refractivity contribution in [1.29, 1.82) is 0 Å². The lowest BCUT2D eigenvalue weighted by atomic mass is 9.78. The van der Waals surface area contributed by atoms with E-state index in [1.165, 1.54) is 6.92 Å². The summed E-state index contributed by atoms with van der Waals surface area (Å²) in [5.74, 6) is 0.985. The Labute approximate surface area is 243 Å². The molecule has 0 heterocycles. The first-order valence-corrected chi connectivity index (χ1v) is 13.9. The number of esters is 1. The third kappa shape index (κ3) is 9.44. The quantitative estimate of drug-likeness (QED) is 0.151. The van der Waals surface area contributed by atoms with Crippen molar-refractivity contribution in [2.45, 2.75) is 65.3 Å². The summed E-state index contributed by atoms with van der Waals surface area (Å²) in [5, 5.41) is 0. The smallest absolute Gasteiger partial charge is 0.338 e. The predicted molar refractivity (Wildman–Crippen MR) is 159 cm³/mol. The Hall–Kier alpha value is -3.68. The van der Waals surface area contributed by atoms with E-state index in [9.17, 15) is 9.59 Å². The second kappa shape index (κ2) is 14.8. The first kappa shape index (κ1) is 31.8. The molecule has 0 aliphatic carbocycles. The monoisotopic (exact) mass is 562 g/mol. The van der Waals surface area contributed by atoms with Crippen molar-refractivity contribution in [1.82, 2.24) is 0 Å². The number of Topliss-reactive ketones (excluding diaryl/α,β-unsaturated/α-hetero) is 1. The van der Waals surface area contributed by atoms with Gasteiger partial charge in [-0.3, -0.25) is 4.79 Å². The fraction of sp³-hybridized carbons (Fsp3) is 0.412. The molecule has 0 spiro atoms. The van der Waals surface area contributed by atoms with E-state index in [0.717, 1.165) is 16.9 Å². The number of benzene rings is 3. The van der Waals surface area contributed by atoms with Crippen LogP contribution in [0.4, 0.5) is 0 Å². The maximum absolute atomic E-state index is 12.4. The van der Waals surface area contributed by atoms with Crippen LogP contribution in [-0.4, -0.2) is 57.0 Å². The molecule has 0 aliphatic heterocycles. The van der Waals surface area contributed by atoms with Crippen LogP contribution in [0.3, 0.4) is 0 Å². The molecule has 3 atom stereocenters. The summed E-state index contributed by atoms with van der Waals surface area (Å²) in [6.07, 6.45) is -0.432. The third-order valence-corrected chi connectivity index (χ3v) is 6.97. The molecule has 220 valence electrons. The van der Waals surface area contributed by atoms with Gasteiger partial charge in [-0.25, -0.2) is 4.79 Å². The van der Waals surface area contributed by atoms with E-state index in [1.54, 1.807) is 38.3 Å². The van der Waals surface area contributed by atoms with Crippen LogP contribution in [0.1, 0.15) is 73.4 Å². The zero-order chi connectivity index (χ0) is 30.0. The summed E-state index contributed by atoms with van der Waals surface area (Å²) >= 11 is 0. The van der Waals surface area contributed by atoms with Gasteiger partial charge in [-0.15, -0.1) is 0 Å². The molecule has 3 unspecified atom stereocenters. The Morgan fingerprint density at radius 2 is 1.12 bits per heavy atom. The van der Waals surface area contributed by atoms with Crippen molar-refractivity contribution in [3.8, 4) is 11.5 Å².